The molecule has 0 unspecified atom stereocenters. The fourth-order valence-electron chi connectivity index (χ4n) is 1.43. The van der Waals surface area contributed by atoms with Gasteiger partial charge in [-0.3, -0.25) is 4.79 Å². The Morgan fingerprint density at radius 3 is 2.50 bits per heavy atom. The van der Waals surface area contributed by atoms with Gasteiger partial charge in [0, 0.05) is 11.8 Å². The van der Waals surface area contributed by atoms with Crippen LogP contribution in [0, 0.1) is 12.3 Å². The lowest BCUT2D eigenvalue weighted by Crippen LogP contribution is -2.07. The fraction of sp³-hybridized carbons (Fsp3) is 0. The van der Waals surface area contributed by atoms with Crippen LogP contribution in [0.1, 0.15) is 0 Å². The van der Waals surface area contributed by atoms with Gasteiger partial charge in [0.1, 0.15) is 11.5 Å². The minimum atomic E-state index is -0.480. The van der Waals surface area contributed by atoms with Crippen molar-refractivity contribution in [3.8, 4) is 23.8 Å². The van der Waals surface area contributed by atoms with Crippen LogP contribution in [0.4, 0.5) is 5.69 Å². The van der Waals surface area contributed by atoms with Crippen molar-refractivity contribution < 1.29 is 9.53 Å². The van der Waals surface area contributed by atoms with E-state index in [-0.39, 0.29) is 0 Å². The molecule has 0 heterocycles. The van der Waals surface area contributed by atoms with E-state index in [0.717, 1.165) is 5.75 Å². The number of carbonyl (C=O) groups is 1. The fourth-order valence-corrected chi connectivity index (χ4v) is 1.43. The number of hydrogen-bond donors (Lipinski definition) is 1. The van der Waals surface area contributed by atoms with E-state index in [1.54, 1.807) is 24.3 Å². The van der Waals surface area contributed by atoms with Gasteiger partial charge in [0.05, 0.1) is 0 Å². The molecule has 1 N–H and O–H groups in total. The van der Waals surface area contributed by atoms with Crippen LogP contribution in [0.2, 0.25) is 0 Å². The van der Waals surface area contributed by atoms with Crippen molar-refractivity contribution in [1.29, 1.82) is 0 Å². The van der Waals surface area contributed by atoms with Crippen molar-refractivity contribution in [3.63, 3.8) is 0 Å². The third kappa shape index (κ3) is 3.13. The Balaban J connectivity index is 2.13. The van der Waals surface area contributed by atoms with Gasteiger partial charge in [-0.15, -0.1) is 6.42 Å². The smallest absolute Gasteiger partial charge is 0.300 e. The lowest BCUT2D eigenvalue weighted by atomic mass is 10.3. The average molecular weight is 237 g/mol. The standard InChI is InChI=1S/C15H11NO2/c1-2-15(17)16-12-7-6-10-14(11-12)18-13-8-4-3-5-9-13/h1,3-11H,(H,16,17). The van der Waals surface area contributed by atoms with E-state index >= 15 is 0 Å². The molecule has 3 nitrogen and oxygen atoms in total. The maximum atomic E-state index is 11.1. The summed E-state index contributed by atoms with van der Waals surface area (Å²) in [5.74, 6) is 2.88. The predicted molar refractivity (Wildman–Crippen MR) is 70.4 cm³/mol. The van der Waals surface area contributed by atoms with Crippen molar-refractivity contribution in [2.45, 2.75) is 0 Å². The van der Waals surface area contributed by atoms with E-state index < -0.39 is 5.91 Å². The summed E-state index contributed by atoms with van der Waals surface area (Å²) in [5, 5.41) is 2.56. The van der Waals surface area contributed by atoms with E-state index in [4.69, 9.17) is 11.2 Å². The molecule has 88 valence electrons. The van der Waals surface area contributed by atoms with E-state index in [2.05, 4.69) is 5.32 Å². The number of nitrogens with one attached hydrogen (secondary N) is 1. The first-order valence-corrected chi connectivity index (χ1v) is 5.38. The van der Waals surface area contributed by atoms with Crippen LogP contribution in [-0.4, -0.2) is 5.91 Å². The molecule has 0 bridgehead atoms. The summed E-state index contributed by atoms with van der Waals surface area (Å²) in [6, 6.07) is 16.4. The second-order valence-corrected chi connectivity index (χ2v) is 3.54. The van der Waals surface area contributed by atoms with Gasteiger partial charge in [-0.2, -0.15) is 0 Å². The lowest BCUT2D eigenvalue weighted by molar-refractivity contribution is -0.111. The summed E-state index contributed by atoms with van der Waals surface area (Å²) in [7, 11) is 0. The third-order valence-corrected chi connectivity index (χ3v) is 2.20. The van der Waals surface area contributed by atoms with Crippen LogP contribution in [-0.2, 0) is 4.79 Å². The van der Waals surface area contributed by atoms with Gasteiger partial charge < -0.3 is 10.1 Å². The number of terminal acetylenes is 1. The number of para-hydroxylation sites is 1. The first-order chi connectivity index (χ1) is 8.78. The molecule has 1 amide bonds. The normalized spacial score (nSPS) is 9.28. The van der Waals surface area contributed by atoms with Crippen molar-refractivity contribution in [1.82, 2.24) is 0 Å². The lowest BCUT2D eigenvalue weighted by Gasteiger charge is -2.07. The molecular weight excluding hydrogens is 226 g/mol. The molecule has 2 rings (SSSR count). The molecule has 18 heavy (non-hydrogen) atoms. The van der Waals surface area contributed by atoms with E-state index in [9.17, 15) is 4.79 Å². The van der Waals surface area contributed by atoms with Crippen molar-refractivity contribution >= 4 is 11.6 Å². The Morgan fingerprint density at radius 2 is 1.78 bits per heavy atom. The van der Waals surface area contributed by atoms with E-state index in [1.165, 1.54) is 0 Å². The maximum absolute atomic E-state index is 11.1. The highest BCUT2D eigenvalue weighted by Gasteiger charge is 2.00. The number of hydrogen-bond acceptors (Lipinski definition) is 2. The van der Waals surface area contributed by atoms with Crippen molar-refractivity contribution in [2.75, 3.05) is 5.32 Å². The highest BCUT2D eigenvalue weighted by molar-refractivity contribution is 6.03. The van der Waals surface area contributed by atoms with Crippen molar-refractivity contribution in [3.05, 3.63) is 54.6 Å². The van der Waals surface area contributed by atoms with Gasteiger partial charge in [-0.25, -0.2) is 0 Å². The summed E-state index contributed by atoms with van der Waals surface area (Å²) in [4.78, 5) is 11.1. The average Bonchev–Trinajstić information content (AvgIpc) is 2.40. The zero-order valence-electron chi connectivity index (χ0n) is 9.59. The van der Waals surface area contributed by atoms with Gasteiger partial charge in [0.15, 0.2) is 0 Å². The summed E-state index contributed by atoms with van der Waals surface area (Å²) >= 11 is 0. The Bertz CT molecular complexity index is 585. The van der Waals surface area contributed by atoms with Crippen LogP contribution in [0.3, 0.4) is 0 Å². The second-order valence-electron chi connectivity index (χ2n) is 3.54. The minimum Gasteiger partial charge on any atom is -0.457 e. The minimum absolute atomic E-state index is 0.480. The highest BCUT2D eigenvalue weighted by atomic mass is 16.5. The summed E-state index contributed by atoms with van der Waals surface area (Å²) in [6.07, 6.45) is 4.99. The predicted octanol–water partition coefficient (Wildman–Crippen LogP) is 3.05. The van der Waals surface area contributed by atoms with Gasteiger partial charge in [-0.05, 0) is 30.2 Å². The topological polar surface area (TPSA) is 38.3 Å². The van der Waals surface area contributed by atoms with Crippen LogP contribution in [0.5, 0.6) is 11.5 Å². The summed E-state index contributed by atoms with van der Waals surface area (Å²) in [6.45, 7) is 0. The van der Waals surface area contributed by atoms with Gasteiger partial charge >= 0.3 is 0 Å². The molecule has 2 aromatic rings. The van der Waals surface area contributed by atoms with Gasteiger partial charge in [-0.1, -0.05) is 24.3 Å². The first kappa shape index (κ1) is 11.7. The molecule has 0 aliphatic rings. The number of benzene rings is 2. The van der Waals surface area contributed by atoms with Crippen molar-refractivity contribution in [2.24, 2.45) is 0 Å². The van der Waals surface area contributed by atoms with Crippen LogP contribution < -0.4 is 10.1 Å². The molecule has 0 aliphatic heterocycles. The monoisotopic (exact) mass is 237 g/mol. The zero-order chi connectivity index (χ0) is 12.8. The SMILES string of the molecule is C#CC(=O)Nc1cccc(Oc2ccccc2)c1. The maximum Gasteiger partial charge on any atom is 0.300 e. The number of anilines is 1. The second kappa shape index (κ2) is 5.55. The summed E-state index contributed by atoms with van der Waals surface area (Å²) in [5.41, 5.74) is 0.603. The summed E-state index contributed by atoms with van der Waals surface area (Å²) < 4.78 is 5.63. The Kier molecular flexibility index (Phi) is 3.62. The molecule has 0 saturated heterocycles. The molecule has 0 fully saturated rings. The molecule has 3 heteroatoms. The zero-order valence-corrected chi connectivity index (χ0v) is 9.59. The molecule has 0 spiro atoms. The molecule has 0 radical (unpaired) electrons. The number of amides is 1. The molecule has 0 aromatic heterocycles. The Labute approximate surface area is 105 Å². The number of ether oxygens (including phenoxy) is 1. The highest BCUT2D eigenvalue weighted by Crippen LogP contribution is 2.23. The molecule has 0 aliphatic carbocycles. The van der Waals surface area contributed by atoms with E-state index in [0.29, 0.717) is 11.4 Å². The van der Waals surface area contributed by atoms with Crippen LogP contribution in [0.15, 0.2) is 54.6 Å². The van der Waals surface area contributed by atoms with Gasteiger partial charge in [0.25, 0.3) is 5.91 Å². The number of rotatable bonds is 3. The van der Waals surface area contributed by atoms with E-state index in [1.807, 2.05) is 36.3 Å². The molecule has 0 atom stereocenters. The largest absolute Gasteiger partial charge is 0.457 e. The molecule has 2 aromatic carbocycles. The Morgan fingerprint density at radius 1 is 1.06 bits per heavy atom. The van der Waals surface area contributed by atoms with Crippen LogP contribution >= 0.6 is 0 Å². The third-order valence-electron chi connectivity index (χ3n) is 2.20. The first-order valence-electron chi connectivity index (χ1n) is 5.38. The van der Waals surface area contributed by atoms with Crippen LogP contribution in [0.25, 0.3) is 0 Å². The quantitative estimate of drug-likeness (QED) is 0.833. The van der Waals surface area contributed by atoms with Gasteiger partial charge in [0.2, 0.25) is 0 Å². The molecule has 0 saturated carbocycles. The number of carbonyl (C=O) groups excluding carboxylic acids is 1. The molecular formula is C15H11NO2. The Hall–Kier alpha value is -2.73.